The lowest BCUT2D eigenvalue weighted by Crippen LogP contribution is -2.53. The van der Waals surface area contributed by atoms with E-state index in [1.807, 2.05) is 0 Å². The van der Waals surface area contributed by atoms with Crippen LogP contribution in [0, 0.1) is 0 Å². The molecule has 8 heteroatoms. The van der Waals surface area contributed by atoms with Gasteiger partial charge in [0.1, 0.15) is 29.5 Å². The summed E-state index contributed by atoms with van der Waals surface area (Å²) < 4.78 is 28.2. The average Bonchev–Trinajstić information content (AvgIpc) is 3.01. The SMILES string of the molecule is COc1cc(OC)c2c(c1)O[C@H]1[C@@H](C2)O[C@@H]2CC(=O)O[C@@]21CC(=O)O. The second-order valence-electron chi connectivity index (χ2n) is 6.42. The first kappa shape index (κ1) is 16.0. The van der Waals surface area contributed by atoms with Gasteiger partial charge >= 0.3 is 11.9 Å². The third-order valence-corrected chi connectivity index (χ3v) is 5.04. The maximum absolute atomic E-state index is 11.8. The van der Waals surface area contributed by atoms with E-state index in [0.717, 1.165) is 5.56 Å². The maximum Gasteiger partial charge on any atom is 0.309 e. The summed E-state index contributed by atoms with van der Waals surface area (Å²) in [6, 6.07) is 3.47. The van der Waals surface area contributed by atoms with Crippen molar-refractivity contribution in [1.29, 1.82) is 0 Å². The summed E-state index contributed by atoms with van der Waals surface area (Å²) in [5, 5.41) is 9.31. The molecule has 0 unspecified atom stereocenters. The molecule has 8 nitrogen and oxygen atoms in total. The highest BCUT2D eigenvalue weighted by Gasteiger charge is 2.66. The molecule has 0 amide bonds. The van der Waals surface area contributed by atoms with Crippen molar-refractivity contribution in [2.45, 2.75) is 43.2 Å². The quantitative estimate of drug-likeness (QED) is 0.801. The van der Waals surface area contributed by atoms with Crippen molar-refractivity contribution < 1.29 is 38.4 Å². The second-order valence-corrected chi connectivity index (χ2v) is 6.42. The minimum atomic E-state index is -1.30. The number of hydrogen-bond donors (Lipinski definition) is 1. The van der Waals surface area contributed by atoms with Gasteiger partial charge in [-0.3, -0.25) is 9.59 Å². The van der Waals surface area contributed by atoms with Gasteiger partial charge in [0.25, 0.3) is 0 Å². The van der Waals surface area contributed by atoms with Gasteiger partial charge in [-0.1, -0.05) is 0 Å². The molecule has 1 N–H and O–H groups in total. The van der Waals surface area contributed by atoms with Crippen molar-refractivity contribution in [3.05, 3.63) is 17.7 Å². The Bertz CT molecular complexity index is 744. The molecule has 2 saturated heterocycles. The highest BCUT2D eigenvalue weighted by atomic mass is 16.7. The van der Waals surface area contributed by atoms with E-state index in [0.29, 0.717) is 23.7 Å². The lowest BCUT2D eigenvalue weighted by atomic mass is 9.84. The highest BCUT2D eigenvalue weighted by Crippen LogP contribution is 2.50. The lowest BCUT2D eigenvalue weighted by Gasteiger charge is -2.36. The van der Waals surface area contributed by atoms with Gasteiger partial charge < -0.3 is 28.8 Å². The fourth-order valence-electron chi connectivity index (χ4n) is 4.00. The van der Waals surface area contributed by atoms with Crippen LogP contribution in [-0.2, 0) is 25.5 Å². The molecule has 134 valence electrons. The number of fused-ring (bicyclic) bond motifs is 4. The molecule has 0 saturated carbocycles. The number of hydrogen-bond acceptors (Lipinski definition) is 7. The first-order chi connectivity index (χ1) is 12.0. The summed E-state index contributed by atoms with van der Waals surface area (Å²) >= 11 is 0. The van der Waals surface area contributed by atoms with Gasteiger partial charge in [-0.15, -0.1) is 0 Å². The predicted molar refractivity (Wildman–Crippen MR) is 82.0 cm³/mol. The summed E-state index contributed by atoms with van der Waals surface area (Å²) in [5.74, 6) is 0.149. The Hall–Kier alpha value is -2.48. The third-order valence-electron chi connectivity index (χ3n) is 5.04. The minimum Gasteiger partial charge on any atom is -0.496 e. The van der Waals surface area contributed by atoms with Gasteiger partial charge in [-0.05, 0) is 0 Å². The Balaban J connectivity index is 1.75. The number of methoxy groups -OCH3 is 2. The van der Waals surface area contributed by atoms with Crippen LogP contribution in [0.25, 0.3) is 0 Å². The first-order valence-corrected chi connectivity index (χ1v) is 7.97. The zero-order chi connectivity index (χ0) is 17.8. The van der Waals surface area contributed by atoms with Gasteiger partial charge in [0, 0.05) is 24.1 Å². The zero-order valence-electron chi connectivity index (χ0n) is 13.8. The molecule has 2 fully saturated rings. The van der Waals surface area contributed by atoms with Crippen molar-refractivity contribution in [1.82, 2.24) is 0 Å². The number of aliphatic carboxylic acids is 1. The maximum atomic E-state index is 11.8. The van der Waals surface area contributed by atoms with Crippen LogP contribution >= 0.6 is 0 Å². The van der Waals surface area contributed by atoms with E-state index in [1.165, 1.54) is 7.11 Å². The standard InChI is InChI=1S/C17H18O8/c1-21-8-3-10(22-2)9-5-12-16(24-11(9)4-8)17(7-14(18)19)13(23-12)6-15(20)25-17/h3-4,12-13,16H,5-7H2,1-2H3,(H,18,19)/t12-,13-,16+,17+/m1/s1. The van der Waals surface area contributed by atoms with E-state index in [4.69, 9.17) is 23.7 Å². The number of carboxylic acid groups (broad SMARTS) is 1. The molecular formula is C17H18O8. The minimum absolute atomic E-state index is 0.0282. The molecule has 0 aromatic heterocycles. The van der Waals surface area contributed by atoms with Crippen molar-refractivity contribution in [2.75, 3.05) is 14.2 Å². The van der Waals surface area contributed by atoms with Crippen LogP contribution in [0.2, 0.25) is 0 Å². The number of rotatable bonds is 4. The van der Waals surface area contributed by atoms with Crippen LogP contribution in [0.3, 0.4) is 0 Å². The third kappa shape index (κ3) is 2.31. The summed E-state index contributed by atoms with van der Waals surface area (Å²) in [6.07, 6.45) is -1.59. The van der Waals surface area contributed by atoms with Gasteiger partial charge in [-0.2, -0.15) is 0 Å². The number of carbonyl (C=O) groups excluding carboxylic acids is 1. The predicted octanol–water partition coefficient (Wildman–Crippen LogP) is 0.935. The Morgan fingerprint density at radius 3 is 2.80 bits per heavy atom. The molecule has 25 heavy (non-hydrogen) atoms. The summed E-state index contributed by atoms with van der Waals surface area (Å²) in [4.78, 5) is 23.2. The Morgan fingerprint density at radius 2 is 2.12 bits per heavy atom. The van der Waals surface area contributed by atoms with Gasteiger partial charge in [-0.25, -0.2) is 0 Å². The van der Waals surface area contributed by atoms with E-state index in [2.05, 4.69) is 0 Å². The number of esters is 1. The van der Waals surface area contributed by atoms with Crippen molar-refractivity contribution >= 4 is 11.9 Å². The monoisotopic (exact) mass is 350 g/mol. The van der Waals surface area contributed by atoms with E-state index >= 15 is 0 Å². The molecule has 1 aromatic rings. The molecule has 0 spiro atoms. The topological polar surface area (TPSA) is 101 Å². The van der Waals surface area contributed by atoms with Crippen LogP contribution in [0.5, 0.6) is 17.2 Å². The van der Waals surface area contributed by atoms with Crippen LogP contribution in [-0.4, -0.2) is 55.2 Å². The molecule has 1 aromatic carbocycles. The molecule has 4 atom stereocenters. The van der Waals surface area contributed by atoms with E-state index in [9.17, 15) is 14.7 Å². The fourth-order valence-corrected chi connectivity index (χ4v) is 4.00. The smallest absolute Gasteiger partial charge is 0.309 e. The largest absolute Gasteiger partial charge is 0.496 e. The van der Waals surface area contributed by atoms with Crippen molar-refractivity contribution in [3.63, 3.8) is 0 Å². The van der Waals surface area contributed by atoms with Crippen LogP contribution in [0.1, 0.15) is 18.4 Å². The molecule has 3 aliphatic rings. The Morgan fingerprint density at radius 1 is 1.32 bits per heavy atom. The molecule has 3 aliphatic heterocycles. The molecule has 0 radical (unpaired) electrons. The highest BCUT2D eigenvalue weighted by molar-refractivity contribution is 5.77. The number of benzene rings is 1. The van der Waals surface area contributed by atoms with Crippen LogP contribution < -0.4 is 14.2 Å². The number of carbonyl (C=O) groups is 2. The first-order valence-electron chi connectivity index (χ1n) is 7.97. The van der Waals surface area contributed by atoms with Crippen LogP contribution in [0.4, 0.5) is 0 Å². The van der Waals surface area contributed by atoms with E-state index in [-0.39, 0.29) is 12.8 Å². The molecule has 4 rings (SSSR count). The normalized spacial score (nSPS) is 32.1. The summed E-state index contributed by atoms with van der Waals surface area (Å²) in [6.45, 7) is 0. The Kier molecular flexibility index (Phi) is 3.54. The summed E-state index contributed by atoms with van der Waals surface area (Å²) in [7, 11) is 3.09. The summed E-state index contributed by atoms with van der Waals surface area (Å²) in [5.41, 5.74) is -0.483. The van der Waals surface area contributed by atoms with E-state index in [1.54, 1.807) is 19.2 Å². The number of carboxylic acids is 1. The average molecular weight is 350 g/mol. The second kappa shape index (κ2) is 5.52. The van der Waals surface area contributed by atoms with E-state index < -0.39 is 35.9 Å². The van der Waals surface area contributed by atoms with Crippen molar-refractivity contribution in [3.8, 4) is 17.2 Å². The molecule has 0 bridgehead atoms. The lowest BCUT2D eigenvalue weighted by molar-refractivity contribution is -0.162. The zero-order valence-corrected chi connectivity index (χ0v) is 13.8. The number of ether oxygens (including phenoxy) is 5. The fraction of sp³-hybridized carbons (Fsp3) is 0.529. The molecule has 3 heterocycles. The van der Waals surface area contributed by atoms with Gasteiger partial charge in [0.15, 0.2) is 11.7 Å². The van der Waals surface area contributed by atoms with Crippen molar-refractivity contribution in [2.24, 2.45) is 0 Å². The van der Waals surface area contributed by atoms with Gasteiger partial charge in [0.2, 0.25) is 0 Å². The molecular weight excluding hydrogens is 332 g/mol. The molecule has 0 aliphatic carbocycles. The van der Waals surface area contributed by atoms with Gasteiger partial charge in [0.05, 0.1) is 27.1 Å². The Labute approximate surface area is 143 Å². The van der Waals surface area contributed by atoms with Crippen LogP contribution in [0.15, 0.2) is 12.1 Å².